The number of hydrogen-bond donors (Lipinski definition) is 1. The topological polar surface area (TPSA) is 64.9 Å². The maximum Gasteiger partial charge on any atom is 0.261 e. The fourth-order valence-electron chi connectivity index (χ4n) is 1.79. The molecule has 0 aliphatic carbocycles. The molecule has 0 saturated carbocycles. The second-order valence-electron chi connectivity index (χ2n) is 4.14. The minimum Gasteiger partial charge on any atom is -0.399 e. The van der Waals surface area contributed by atoms with Gasteiger partial charge in [0, 0.05) is 15.7 Å². The Morgan fingerprint density at radius 3 is 2.65 bits per heavy atom. The van der Waals surface area contributed by atoms with Crippen molar-refractivity contribution in [1.29, 1.82) is 0 Å². The number of nitrogen functional groups attached to an aromatic ring is 1. The number of nitrogens with two attached hydrogens (primary N) is 1. The van der Waals surface area contributed by atoms with E-state index in [1.807, 2.05) is 24.3 Å². The van der Waals surface area contributed by atoms with Crippen molar-refractivity contribution in [2.75, 3.05) is 5.73 Å². The van der Waals surface area contributed by atoms with E-state index in [4.69, 9.17) is 10.3 Å². The molecule has 0 bridgehead atoms. The molecule has 1 heterocycles. The van der Waals surface area contributed by atoms with Gasteiger partial charge in [0.15, 0.2) is 0 Å². The highest BCUT2D eigenvalue weighted by molar-refractivity contribution is 9.10. The molecule has 6 heteroatoms. The molecule has 20 heavy (non-hydrogen) atoms. The van der Waals surface area contributed by atoms with Gasteiger partial charge in [-0.1, -0.05) is 33.2 Å². The van der Waals surface area contributed by atoms with Crippen molar-refractivity contribution in [2.45, 2.75) is 0 Å². The summed E-state index contributed by atoms with van der Waals surface area (Å²) in [5, 5.41) is 3.87. The predicted molar refractivity (Wildman–Crippen MR) is 77.2 cm³/mol. The van der Waals surface area contributed by atoms with E-state index in [1.165, 1.54) is 12.1 Å². The standard InChI is InChI=1S/C14H9BrFN3O/c15-11-4-2-1-3-9(11)13-18-14(20-19-13)10-6-5-8(17)7-12(10)16/h1-7H,17H2. The molecule has 4 nitrogen and oxygen atoms in total. The highest BCUT2D eigenvalue weighted by Gasteiger charge is 2.15. The van der Waals surface area contributed by atoms with Gasteiger partial charge in [-0.25, -0.2) is 4.39 Å². The van der Waals surface area contributed by atoms with Gasteiger partial charge in [-0.2, -0.15) is 4.98 Å². The van der Waals surface area contributed by atoms with Crippen LogP contribution in [0.25, 0.3) is 22.8 Å². The molecular weight excluding hydrogens is 325 g/mol. The third-order valence-corrected chi connectivity index (χ3v) is 3.46. The fourth-order valence-corrected chi connectivity index (χ4v) is 2.25. The molecule has 0 spiro atoms. The number of halogens is 2. The van der Waals surface area contributed by atoms with Gasteiger partial charge in [0.2, 0.25) is 5.82 Å². The van der Waals surface area contributed by atoms with E-state index < -0.39 is 5.82 Å². The monoisotopic (exact) mass is 333 g/mol. The lowest BCUT2D eigenvalue weighted by Crippen LogP contribution is -1.89. The third kappa shape index (κ3) is 2.30. The summed E-state index contributed by atoms with van der Waals surface area (Å²) in [5.74, 6) is 0.0179. The summed E-state index contributed by atoms with van der Waals surface area (Å²) in [6.45, 7) is 0. The summed E-state index contributed by atoms with van der Waals surface area (Å²) >= 11 is 3.41. The van der Waals surface area contributed by atoms with Crippen molar-refractivity contribution in [2.24, 2.45) is 0 Å². The first-order chi connectivity index (χ1) is 9.65. The molecule has 0 unspecified atom stereocenters. The first kappa shape index (κ1) is 12.8. The van der Waals surface area contributed by atoms with Crippen LogP contribution in [0.4, 0.5) is 10.1 Å². The number of aromatic nitrogens is 2. The lowest BCUT2D eigenvalue weighted by atomic mass is 10.2. The minimum absolute atomic E-state index is 0.119. The molecule has 0 amide bonds. The average Bonchev–Trinajstić information content (AvgIpc) is 2.88. The van der Waals surface area contributed by atoms with Crippen LogP contribution in [0.2, 0.25) is 0 Å². The Labute approximate surface area is 122 Å². The van der Waals surface area contributed by atoms with E-state index in [1.54, 1.807) is 6.07 Å². The smallest absolute Gasteiger partial charge is 0.261 e. The van der Waals surface area contributed by atoms with Crippen LogP contribution in [0.1, 0.15) is 0 Å². The lowest BCUT2D eigenvalue weighted by molar-refractivity contribution is 0.429. The Balaban J connectivity index is 2.04. The van der Waals surface area contributed by atoms with Crippen molar-refractivity contribution < 1.29 is 8.91 Å². The number of rotatable bonds is 2. The maximum absolute atomic E-state index is 13.8. The lowest BCUT2D eigenvalue weighted by Gasteiger charge is -1.98. The van der Waals surface area contributed by atoms with Crippen molar-refractivity contribution >= 4 is 21.6 Å². The van der Waals surface area contributed by atoms with Crippen LogP contribution in [0, 0.1) is 5.82 Å². The van der Waals surface area contributed by atoms with E-state index >= 15 is 0 Å². The van der Waals surface area contributed by atoms with E-state index in [0.29, 0.717) is 11.5 Å². The van der Waals surface area contributed by atoms with Gasteiger partial charge in [0.1, 0.15) is 5.82 Å². The molecule has 2 N–H and O–H groups in total. The Morgan fingerprint density at radius 1 is 1.10 bits per heavy atom. The Kier molecular flexibility index (Phi) is 3.23. The molecule has 1 aromatic heterocycles. The minimum atomic E-state index is -0.493. The van der Waals surface area contributed by atoms with Gasteiger partial charge in [0.25, 0.3) is 5.89 Å². The van der Waals surface area contributed by atoms with Crippen LogP contribution in [0.5, 0.6) is 0 Å². The van der Waals surface area contributed by atoms with Crippen molar-refractivity contribution in [1.82, 2.24) is 10.1 Å². The third-order valence-electron chi connectivity index (χ3n) is 2.76. The predicted octanol–water partition coefficient (Wildman–Crippen LogP) is 3.89. The maximum atomic E-state index is 13.8. The summed E-state index contributed by atoms with van der Waals surface area (Å²) in [5.41, 5.74) is 6.86. The van der Waals surface area contributed by atoms with Crippen molar-refractivity contribution in [3.8, 4) is 22.8 Å². The van der Waals surface area contributed by atoms with Crippen LogP contribution in [-0.4, -0.2) is 10.1 Å². The first-order valence-corrected chi connectivity index (χ1v) is 6.58. The normalized spacial score (nSPS) is 10.7. The van der Waals surface area contributed by atoms with Crippen LogP contribution in [0.15, 0.2) is 51.5 Å². The van der Waals surface area contributed by atoms with Crippen molar-refractivity contribution in [3.63, 3.8) is 0 Å². The number of benzene rings is 2. The van der Waals surface area contributed by atoms with Crippen molar-refractivity contribution in [3.05, 3.63) is 52.8 Å². The van der Waals surface area contributed by atoms with Gasteiger partial charge in [-0.05, 0) is 30.3 Å². The van der Waals surface area contributed by atoms with Crippen LogP contribution < -0.4 is 5.73 Å². The summed E-state index contributed by atoms with van der Waals surface area (Å²) in [4.78, 5) is 4.21. The quantitative estimate of drug-likeness (QED) is 0.722. The molecule has 3 rings (SSSR count). The second-order valence-corrected chi connectivity index (χ2v) is 5.00. The molecule has 0 aliphatic rings. The molecule has 100 valence electrons. The van der Waals surface area contributed by atoms with E-state index in [2.05, 4.69) is 26.1 Å². The number of hydrogen-bond acceptors (Lipinski definition) is 4. The molecule has 0 radical (unpaired) electrons. The fraction of sp³-hybridized carbons (Fsp3) is 0. The second kappa shape index (κ2) is 5.05. The number of nitrogens with zero attached hydrogens (tertiary/aromatic N) is 2. The summed E-state index contributed by atoms with van der Waals surface area (Å²) in [7, 11) is 0. The van der Waals surface area contributed by atoms with Gasteiger partial charge in [-0.3, -0.25) is 0 Å². The first-order valence-electron chi connectivity index (χ1n) is 5.79. The zero-order valence-electron chi connectivity index (χ0n) is 10.2. The highest BCUT2D eigenvalue weighted by atomic mass is 79.9. The summed E-state index contributed by atoms with van der Waals surface area (Å²) in [6.07, 6.45) is 0. The van der Waals surface area contributed by atoms with Gasteiger partial charge in [0.05, 0.1) is 5.56 Å². The summed E-state index contributed by atoms with van der Waals surface area (Å²) < 4.78 is 19.8. The highest BCUT2D eigenvalue weighted by Crippen LogP contribution is 2.29. The molecule has 0 atom stereocenters. The zero-order valence-corrected chi connectivity index (χ0v) is 11.8. The van der Waals surface area contributed by atoms with Gasteiger partial charge < -0.3 is 10.3 Å². The Hall–Kier alpha value is -2.21. The van der Waals surface area contributed by atoms with Gasteiger partial charge in [-0.15, -0.1) is 0 Å². The van der Waals surface area contributed by atoms with Crippen LogP contribution in [-0.2, 0) is 0 Å². The molecule has 2 aromatic carbocycles. The van der Waals surface area contributed by atoms with Gasteiger partial charge >= 0.3 is 0 Å². The Bertz CT molecular complexity index is 773. The molecule has 3 aromatic rings. The van der Waals surface area contributed by atoms with Crippen LogP contribution in [0.3, 0.4) is 0 Å². The molecular formula is C14H9BrFN3O. The molecule has 0 saturated heterocycles. The summed E-state index contributed by atoms with van der Waals surface area (Å²) in [6, 6.07) is 11.8. The van der Waals surface area contributed by atoms with E-state index in [-0.39, 0.29) is 11.5 Å². The van der Waals surface area contributed by atoms with E-state index in [9.17, 15) is 4.39 Å². The molecule has 0 fully saturated rings. The largest absolute Gasteiger partial charge is 0.399 e. The zero-order chi connectivity index (χ0) is 14.1. The van der Waals surface area contributed by atoms with Crippen LogP contribution >= 0.6 is 15.9 Å². The van der Waals surface area contributed by atoms with E-state index in [0.717, 1.165) is 10.0 Å². The SMILES string of the molecule is Nc1ccc(-c2nc(-c3ccccc3Br)no2)c(F)c1. The molecule has 0 aliphatic heterocycles. The number of anilines is 1. The Morgan fingerprint density at radius 2 is 1.90 bits per heavy atom. The average molecular weight is 334 g/mol.